The highest BCUT2D eigenvalue weighted by Crippen LogP contribution is 2.20. The lowest BCUT2D eigenvalue weighted by molar-refractivity contribution is -0.105. The molecule has 98 valence electrons. The van der Waals surface area contributed by atoms with Gasteiger partial charge in [-0.2, -0.15) is 0 Å². The van der Waals surface area contributed by atoms with Crippen molar-refractivity contribution in [1.82, 2.24) is 0 Å². The predicted molar refractivity (Wildman–Crippen MR) is 70.3 cm³/mol. The van der Waals surface area contributed by atoms with Crippen LogP contribution < -0.4 is 4.74 Å². The summed E-state index contributed by atoms with van der Waals surface area (Å²) in [7, 11) is 0. The van der Waals surface area contributed by atoms with Crippen LogP contribution in [0.15, 0.2) is 24.3 Å². The molecule has 1 saturated heterocycles. The van der Waals surface area contributed by atoms with Gasteiger partial charge < -0.3 is 9.47 Å². The minimum absolute atomic E-state index is 0.0606. The van der Waals surface area contributed by atoms with Gasteiger partial charge in [0, 0.05) is 24.3 Å². The molecule has 0 bridgehead atoms. The van der Waals surface area contributed by atoms with Gasteiger partial charge in [0.1, 0.15) is 5.75 Å². The second kappa shape index (κ2) is 6.76. The molecular formula is C14H17ClO3. The quantitative estimate of drug-likeness (QED) is 0.606. The van der Waals surface area contributed by atoms with Crippen LogP contribution in [0.3, 0.4) is 0 Å². The number of carbonyl (C=O) groups excluding carboxylic acids is 1. The van der Waals surface area contributed by atoms with E-state index in [1.807, 2.05) is 0 Å². The first-order valence-corrected chi connectivity index (χ1v) is 6.80. The summed E-state index contributed by atoms with van der Waals surface area (Å²) in [4.78, 5) is 11.6. The van der Waals surface area contributed by atoms with E-state index in [1.165, 1.54) is 0 Å². The maximum atomic E-state index is 11.6. The van der Waals surface area contributed by atoms with Crippen LogP contribution in [0.5, 0.6) is 5.75 Å². The number of ketones is 1. The molecule has 1 aromatic carbocycles. The summed E-state index contributed by atoms with van der Waals surface area (Å²) in [6.45, 7) is 0.761. The molecule has 0 saturated carbocycles. The molecular weight excluding hydrogens is 252 g/mol. The van der Waals surface area contributed by atoms with Crippen molar-refractivity contribution in [3.05, 3.63) is 29.8 Å². The first-order chi connectivity index (χ1) is 8.79. The highest BCUT2D eigenvalue weighted by molar-refractivity contribution is 6.19. The second-order valence-corrected chi connectivity index (χ2v) is 4.68. The molecule has 3 nitrogen and oxygen atoms in total. The van der Waals surface area contributed by atoms with Crippen LogP contribution >= 0.6 is 11.6 Å². The molecule has 0 N–H and O–H groups in total. The Kier molecular flexibility index (Phi) is 5.02. The van der Waals surface area contributed by atoms with Crippen LogP contribution in [0.1, 0.15) is 36.0 Å². The summed E-state index contributed by atoms with van der Waals surface area (Å²) in [6, 6.07) is 7.15. The number of benzene rings is 1. The van der Waals surface area contributed by atoms with Crippen molar-refractivity contribution < 1.29 is 14.3 Å². The summed E-state index contributed by atoms with van der Waals surface area (Å²) < 4.78 is 11.2. The number of carbonyl (C=O) groups is 1. The fraction of sp³-hybridized carbons (Fsp3) is 0.500. The lowest BCUT2D eigenvalue weighted by atomic mass is 10.1. The molecule has 0 amide bonds. The zero-order chi connectivity index (χ0) is 12.8. The fourth-order valence-corrected chi connectivity index (χ4v) is 2.08. The van der Waals surface area contributed by atoms with Gasteiger partial charge >= 0.3 is 0 Å². The summed E-state index contributed by atoms with van der Waals surface area (Å²) in [5, 5.41) is 0. The number of hydrogen-bond acceptors (Lipinski definition) is 3. The average molecular weight is 269 g/mol. The molecule has 0 aromatic heterocycles. The number of halogens is 1. The monoisotopic (exact) mass is 268 g/mol. The van der Waals surface area contributed by atoms with Gasteiger partial charge in [0.2, 0.25) is 0 Å². The van der Waals surface area contributed by atoms with Crippen LogP contribution in [0.4, 0.5) is 0 Å². The summed E-state index contributed by atoms with van der Waals surface area (Å²) in [5.74, 6) is 1.15. The maximum absolute atomic E-state index is 11.6. The largest absolute Gasteiger partial charge is 0.465 e. The van der Waals surface area contributed by atoms with Gasteiger partial charge in [-0.1, -0.05) is 0 Å². The first-order valence-electron chi connectivity index (χ1n) is 6.27. The molecule has 1 atom stereocenters. The fourth-order valence-electron chi connectivity index (χ4n) is 1.91. The van der Waals surface area contributed by atoms with Crippen molar-refractivity contribution in [3.63, 3.8) is 0 Å². The van der Waals surface area contributed by atoms with Gasteiger partial charge in [0.15, 0.2) is 12.1 Å². The molecule has 18 heavy (non-hydrogen) atoms. The van der Waals surface area contributed by atoms with E-state index in [1.54, 1.807) is 24.3 Å². The Balaban J connectivity index is 1.92. The van der Waals surface area contributed by atoms with E-state index in [4.69, 9.17) is 21.1 Å². The van der Waals surface area contributed by atoms with E-state index in [0.717, 1.165) is 31.6 Å². The number of alkyl halides is 1. The van der Waals surface area contributed by atoms with Crippen molar-refractivity contribution in [1.29, 1.82) is 0 Å². The third kappa shape index (κ3) is 3.72. The molecule has 1 fully saturated rings. The number of ether oxygens (including phenoxy) is 2. The summed E-state index contributed by atoms with van der Waals surface area (Å²) in [6.07, 6.45) is 3.38. The van der Waals surface area contributed by atoms with Crippen LogP contribution in [0, 0.1) is 0 Å². The minimum atomic E-state index is -0.150. The molecule has 1 unspecified atom stereocenters. The van der Waals surface area contributed by atoms with E-state index in [0.29, 0.717) is 17.9 Å². The average Bonchev–Trinajstić information content (AvgIpc) is 2.41. The van der Waals surface area contributed by atoms with Crippen molar-refractivity contribution in [2.45, 2.75) is 32.0 Å². The van der Waals surface area contributed by atoms with Crippen LogP contribution in [-0.4, -0.2) is 24.6 Å². The highest BCUT2D eigenvalue weighted by atomic mass is 35.5. The minimum Gasteiger partial charge on any atom is -0.465 e. The number of hydrogen-bond donors (Lipinski definition) is 0. The van der Waals surface area contributed by atoms with Crippen LogP contribution in [0.2, 0.25) is 0 Å². The van der Waals surface area contributed by atoms with Crippen molar-refractivity contribution in [2.24, 2.45) is 0 Å². The third-order valence-corrected chi connectivity index (χ3v) is 3.09. The van der Waals surface area contributed by atoms with Crippen molar-refractivity contribution in [3.8, 4) is 5.75 Å². The van der Waals surface area contributed by atoms with E-state index < -0.39 is 0 Å². The lowest BCUT2D eigenvalue weighted by Gasteiger charge is -2.23. The molecule has 4 heteroatoms. The highest BCUT2D eigenvalue weighted by Gasteiger charge is 2.15. The van der Waals surface area contributed by atoms with Gasteiger partial charge in [-0.15, -0.1) is 11.6 Å². The molecule has 2 rings (SSSR count). The number of Topliss-reactive ketones (excluding diaryl/α,β-unsaturated/α-hetero) is 1. The topological polar surface area (TPSA) is 35.5 Å². The Hall–Kier alpha value is -1.06. The summed E-state index contributed by atoms with van der Waals surface area (Å²) in [5.41, 5.74) is 0.674. The third-order valence-electron chi connectivity index (χ3n) is 2.90. The number of rotatable bonds is 5. The molecule has 1 heterocycles. The zero-order valence-corrected chi connectivity index (χ0v) is 11.0. The molecule has 0 spiro atoms. The maximum Gasteiger partial charge on any atom is 0.199 e. The van der Waals surface area contributed by atoms with Gasteiger partial charge in [0.05, 0.1) is 6.61 Å². The molecule has 0 radical (unpaired) electrons. The Labute approximate surface area is 112 Å². The zero-order valence-electron chi connectivity index (χ0n) is 10.2. The Morgan fingerprint density at radius 3 is 2.72 bits per heavy atom. The molecule has 1 aromatic rings. The second-order valence-electron chi connectivity index (χ2n) is 4.30. The first kappa shape index (κ1) is 13.4. The van der Waals surface area contributed by atoms with Crippen LogP contribution in [0.25, 0.3) is 0 Å². The van der Waals surface area contributed by atoms with Crippen LogP contribution in [-0.2, 0) is 4.74 Å². The van der Waals surface area contributed by atoms with Crippen molar-refractivity contribution >= 4 is 17.4 Å². The predicted octanol–water partition coefficient (Wildman–Crippen LogP) is 3.40. The normalized spacial score (nSPS) is 19.5. The molecule has 0 aliphatic carbocycles. The van der Waals surface area contributed by atoms with E-state index in [9.17, 15) is 4.79 Å². The Morgan fingerprint density at radius 1 is 1.33 bits per heavy atom. The Morgan fingerprint density at radius 2 is 2.11 bits per heavy atom. The smallest absolute Gasteiger partial charge is 0.199 e. The summed E-state index contributed by atoms with van der Waals surface area (Å²) >= 11 is 5.54. The van der Waals surface area contributed by atoms with Gasteiger partial charge in [-0.25, -0.2) is 0 Å². The van der Waals surface area contributed by atoms with Gasteiger partial charge in [0.25, 0.3) is 0 Å². The van der Waals surface area contributed by atoms with Gasteiger partial charge in [-0.3, -0.25) is 4.79 Å². The van der Waals surface area contributed by atoms with E-state index in [2.05, 4.69) is 0 Å². The van der Waals surface area contributed by atoms with E-state index in [-0.39, 0.29) is 12.1 Å². The van der Waals surface area contributed by atoms with Crippen molar-refractivity contribution in [2.75, 3.05) is 12.5 Å². The van der Waals surface area contributed by atoms with E-state index >= 15 is 0 Å². The SMILES string of the molecule is O=C(CCCl)c1ccc(OC2CCCCO2)cc1. The van der Waals surface area contributed by atoms with Gasteiger partial charge in [-0.05, 0) is 37.1 Å². The standard InChI is InChI=1S/C14H17ClO3/c15-9-8-13(16)11-4-6-12(7-5-11)18-14-3-1-2-10-17-14/h4-7,14H,1-3,8-10H2. The molecule has 1 aliphatic heterocycles. The lowest BCUT2D eigenvalue weighted by Crippen LogP contribution is -2.24. The molecule has 1 aliphatic rings. The Bertz CT molecular complexity index is 383.